The van der Waals surface area contributed by atoms with Gasteiger partial charge in [-0.05, 0) is 25.4 Å². The second-order valence-corrected chi connectivity index (χ2v) is 4.49. The smallest absolute Gasteiger partial charge is 0.322 e. The first-order valence-corrected chi connectivity index (χ1v) is 5.98. The van der Waals surface area contributed by atoms with Gasteiger partial charge in [0.25, 0.3) is 5.22 Å². The van der Waals surface area contributed by atoms with E-state index in [1.807, 2.05) is 13.8 Å². The molecule has 0 saturated heterocycles. The maximum atomic E-state index is 5.77. The zero-order valence-electron chi connectivity index (χ0n) is 9.12. The Balaban J connectivity index is 2.19. The topological polar surface area (TPSA) is 73.9 Å². The highest BCUT2D eigenvalue weighted by atomic mass is 35.5. The molecule has 2 rings (SSSR count). The Hall–Kier alpha value is -1.34. The summed E-state index contributed by atoms with van der Waals surface area (Å²) < 4.78 is 10.4. The lowest BCUT2D eigenvalue weighted by Gasteiger charge is -2.07. The van der Waals surface area contributed by atoms with Gasteiger partial charge in [-0.2, -0.15) is 15.0 Å². The number of hydrogen-bond acceptors (Lipinski definition) is 7. The third kappa shape index (κ3) is 3.57. The van der Waals surface area contributed by atoms with Gasteiger partial charge in [0, 0.05) is 11.8 Å². The molecule has 17 heavy (non-hydrogen) atoms. The molecule has 0 bridgehead atoms. The monoisotopic (exact) mass is 272 g/mol. The van der Waals surface area contributed by atoms with E-state index in [2.05, 4.69) is 19.9 Å². The minimum absolute atomic E-state index is 0.0342. The summed E-state index contributed by atoms with van der Waals surface area (Å²) in [7, 11) is 0. The Morgan fingerprint density at radius 2 is 2.18 bits per heavy atom. The first-order chi connectivity index (χ1) is 8.13. The molecule has 0 aliphatic carbocycles. The summed E-state index contributed by atoms with van der Waals surface area (Å²) in [5, 5.41) is 0.885. The third-order valence-corrected chi connectivity index (χ3v) is 2.41. The zero-order valence-corrected chi connectivity index (χ0v) is 10.7. The first-order valence-electron chi connectivity index (χ1n) is 4.79. The van der Waals surface area contributed by atoms with E-state index in [4.69, 9.17) is 20.8 Å². The third-order valence-electron chi connectivity index (χ3n) is 1.50. The SMILES string of the molecule is CC(C)Oc1nc(Cl)nc(Sc2ncco2)n1. The Bertz CT molecular complexity index is 492. The van der Waals surface area contributed by atoms with Crippen molar-refractivity contribution < 1.29 is 9.15 Å². The quantitative estimate of drug-likeness (QED) is 0.846. The van der Waals surface area contributed by atoms with Crippen LogP contribution in [0.2, 0.25) is 5.28 Å². The van der Waals surface area contributed by atoms with Gasteiger partial charge in [-0.3, -0.25) is 0 Å². The lowest BCUT2D eigenvalue weighted by atomic mass is 10.5. The fourth-order valence-corrected chi connectivity index (χ4v) is 1.79. The van der Waals surface area contributed by atoms with Gasteiger partial charge in [0.2, 0.25) is 10.4 Å². The van der Waals surface area contributed by atoms with Gasteiger partial charge in [-0.1, -0.05) is 0 Å². The first kappa shape index (κ1) is 12.1. The second-order valence-electron chi connectivity index (χ2n) is 3.24. The van der Waals surface area contributed by atoms with Crippen molar-refractivity contribution in [3.63, 3.8) is 0 Å². The number of aromatic nitrogens is 4. The average molecular weight is 273 g/mol. The highest BCUT2D eigenvalue weighted by Crippen LogP contribution is 2.24. The van der Waals surface area contributed by atoms with Crippen LogP contribution in [0.1, 0.15) is 13.8 Å². The van der Waals surface area contributed by atoms with Gasteiger partial charge in [0.05, 0.1) is 12.3 Å². The molecule has 6 nitrogen and oxygen atoms in total. The molecule has 0 N–H and O–H groups in total. The number of rotatable bonds is 4. The van der Waals surface area contributed by atoms with Crippen molar-refractivity contribution in [1.82, 2.24) is 19.9 Å². The molecule has 0 aliphatic heterocycles. The molecular weight excluding hydrogens is 264 g/mol. The Morgan fingerprint density at radius 3 is 2.82 bits per heavy atom. The fraction of sp³-hybridized carbons (Fsp3) is 0.333. The van der Waals surface area contributed by atoms with E-state index < -0.39 is 0 Å². The molecule has 0 spiro atoms. The molecule has 0 fully saturated rings. The Morgan fingerprint density at radius 1 is 1.35 bits per heavy atom. The minimum Gasteiger partial charge on any atom is -0.461 e. The second kappa shape index (κ2) is 5.33. The van der Waals surface area contributed by atoms with Crippen molar-refractivity contribution in [1.29, 1.82) is 0 Å². The van der Waals surface area contributed by atoms with E-state index in [0.29, 0.717) is 10.4 Å². The van der Waals surface area contributed by atoms with Crippen LogP contribution in [0.15, 0.2) is 27.3 Å². The number of hydrogen-bond donors (Lipinski definition) is 0. The van der Waals surface area contributed by atoms with E-state index in [1.54, 1.807) is 0 Å². The molecule has 0 saturated carbocycles. The normalized spacial score (nSPS) is 10.8. The van der Waals surface area contributed by atoms with Crippen molar-refractivity contribution in [2.45, 2.75) is 30.3 Å². The van der Waals surface area contributed by atoms with Crippen molar-refractivity contribution in [3.05, 3.63) is 17.7 Å². The summed E-state index contributed by atoms with van der Waals surface area (Å²) in [5.41, 5.74) is 0. The summed E-state index contributed by atoms with van der Waals surface area (Å²) in [4.78, 5) is 15.8. The Labute approximate surface area is 107 Å². The highest BCUT2D eigenvalue weighted by molar-refractivity contribution is 7.98. The van der Waals surface area contributed by atoms with Crippen LogP contribution in [0.25, 0.3) is 0 Å². The summed E-state index contributed by atoms with van der Waals surface area (Å²) in [6.07, 6.45) is 2.97. The Kier molecular flexibility index (Phi) is 3.80. The van der Waals surface area contributed by atoms with Crippen LogP contribution in [0.4, 0.5) is 0 Å². The zero-order chi connectivity index (χ0) is 12.3. The molecule has 0 radical (unpaired) electrons. The molecular formula is C9H9ClN4O2S. The lowest BCUT2D eigenvalue weighted by molar-refractivity contribution is 0.219. The van der Waals surface area contributed by atoms with Crippen LogP contribution >= 0.6 is 23.4 Å². The van der Waals surface area contributed by atoms with Crippen LogP contribution in [0, 0.1) is 0 Å². The summed E-state index contributed by atoms with van der Waals surface area (Å²) in [6.45, 7) is 3.75. The van der Waals surface area contributed by atoms with E-state index >= 15 is 0 Å². The van der Waals surface area contributed by atoms with Gasteiger partial charge in [0.1, 0.15) is 6.26 Å². The molecule has 90 valence electrons. The van der Waals surface area contributed by atoms with Gasteiger partial charge in [-0.15, -0.1) is 0 Å². The number of oxazole rings is 1. The summed E-state index contributed by atoms with van der Waals surface area (Å²) >= 11 is 6.91. The molecule has 0 unspecified atom stereocenters. The van der Waals surface area contributed by atoms with Crippen molar-refractivity contribution in [3.8, 4) is 6.01 Å². The molecule has 0 amide bonds. The van der Waals surface area contributed by atoms with Crippen LogP contribution in [-0.2, 0) is 0 Å². The number of halogens is 1. The van der Waals surface area contributed by atoms with E-state index in [1.165, 1.54) is 12.5 Å². The molecule has 2 heterocycles. The van der Waals surface area contributed by atoms with Gasteiger partial charge < -0.3 is 9.15 Å². The standard InChI is InChI=1S/C9H9ClN4O2S/c1-5(2)16-7-12-6(10)13-8(14-7)17-9-11-3-4-15-9/h3-5H,1-2H3. The largest absolute Gasteiger partial charge is 0.461 e. The highest BCUT2D eigenvalue weighted by Gasteiger charge is 2.11. The molecule has 0 atom stereocenters. The number of nitrogens with zero attached hydrogens (tertiary/aromatic N) is 4. The molecule has 8 heteroatoms. The molecule has 0 aliphatic rings. The predicted molar refractivity (Wildman–Crippen MR) is 61.2 cm³/mol. The predicted octanol–water partition coefficient (Wildman–Crippen LogP) is 2.45. The van der Waals surface area contributed by atoms with Crippen molar-refractivity contribution in [2.24, 2.45) is 0 Å². The summed E-state index contributed by atoms with van der Waals surface area (Å²) in [6, 6.07) is 0.189. The minimum atomic E-state index is -0.0342. The molecule has 2 aromatic rings. The maximum absolute atomic E-state index is 5.77. The van der Waals surface area contributed by atoms with Crippen molar-refractivity contribution in [2.75, 3.05) is 0 Å². The van der Waals surface area contributed by atoms with Crippen LogP contribution in [0.3, 0.4) is 0 Å². The fourth-order valence-electron chi connectivity index (χ4n) is 0.963. The van der Waals surface area contributed by atoms with E-state index in [0.717, 1.165) is 11.8 Å². The van der Waals surface area contributed by atoms with E-state index in [-0.39, 0.29) is 17.4 Å². The van der Waals surface area contributed by atoms with Crippen LogP contribution < -0.4 is 4.74 Å². The van der Waals surface area contributed by atoms with Gasteiger partial charge in [0.15, 0.2) is 0 Å². The molecule has 2 aromatic heterocycles. The van der Waals surface area contributed by atoms with Crippen molar-refractivity contribution >= 4 is 23.4 Å². The van der Waals surface area contributed by atoms with E-state index in [9.17, 15) is 0 Å². The van der Waals surface area contributed by atoms with Crippen LogP contribution in [-0.4, -0.2) is 26.0 Å². The van der Waals surface area contributed by atoms with Crippen LogP contribution in [0.5, 0.6) is 6.01 Å². The maximum Gasteiger partial charge on any atom is 0.322 e. The van der Waals surface area contributed by atoms with Gasteiger partial charge in [-0.25, -0.2) is 4.98 Å². The lowest BCUT2D eigenvalue weighted by Crippen LogP contribution is -2.09. The average Bonchev–Trinajstić information content (AvgIpc) is 2.67. The summed E-state index contributed by atoms with van der Waals surface area (Å²) in [5.74, 6) is 0. The number of ether oxygens (including phenoxy) is 1. The molecule has 0 aromatic carbocycles. The van der Waals surface area contributed by atoms with Gasteiger partial charge >= 0.3 is 6.01 Å².